The summed E-state index contributed by atoms with van der Waals surface area (Å²) in [4.78, 5) is 26.2. The SMILES string of the molecule is NC(=O)C12CCC(CNC1C(=O)N1CCOCC1)N2. The van der Waals surface area contributed by atoms with E-state index in [4.69, 9.17) is 10.5 Å². The van der Waals surface area contributed by atoms with E-state index in [2.05, 4.69) is 10.6 Å². The van der Waals surface area contributed by atoms with Crippen LogP contribution in [0.15, 0.2) is 0 Å². The van der Waals surface area contributed by atoms with Crippen molar-refractivity contribution in [3.8, 4) is 0 Å². The maximum absolute atomic E-state index is 12.6. The zero-order chi connectivity index (χ0) is 13.5. The highest BCUT2D eigenvalue weighted by Crippen LogP contribution is 2.31. The first kappa shape index (κ1) is 12.8. The Balaban J connectivity index is 1.81. The molecule has 4 N–H and O–H groups in total. The second-order valence-electron chi connectivity index (χ2n) is 5.49. The Bertz CT molecular complexity index is 396. The number of hydrogen-bond acceptors (Lipinski definition) is 5. The largest absolute Gasteiger partial charge is 0.378 e. The van der Waals surface area contributed by atoms with Crippen LogP contribution in [0.4, 0.5) is 0 Å². The number of ether oxygens (including phenoxy) is 1. The molecule has 0 aromatic heterocycles. The van der Waals surface area contributed by atoms with Gasteiger partial charge in [0.05, 0.1) is 13.2 Å². The summed E-state index contributed by atoms with van der Waals surface area (Å²) in [5.74, 6) is -0.483. The average molecular weight is 268 g/mol. The summed E-state index contributed by atoms with van der Waals surface area (Å²) in [7, 11) is 0. The zero-order valence-electron chi connectivity index (χ0n) is 10.9. The number of primary amides is 1. The topological polar surface area (TPSA) is 96.7 Å². The highest BCUT2D eigenvalue weighted by atomic mass is 16.5. The maximum atomic E-state index is 12.6. The maximum Gasteiger partial charge on any atom is 0.242 e. The van der Waals surface area contributed by atoms with Crippen molar-refractivity contribution in [3.05, 3.63) is 0 Å². The van der Waals surface area contributed by atoms with E-state index in [9.17, 15) is 9.59 Å². The number of nitrogens with two attached hydrogens (primary N) is 1. The molecule has 3 fully saturated rings. The van der Waals surface area contributed by atoms with Gasteiger partial charge in [-0.15, -0.1) is 0 Å². The summed E-state index contributed by atoms with van der Waals surface area (Å²) in [6, 6.07) is -0.317. The first-order valence-electron chi connectivity index (χ1n) is 6.81. The minimum atomic E-state index is -0.918. The number of nitrogens with zero attached hydrogens (tertiary/aromatic N) is 1. The molecule has 2 amide bonds. The van der Waals surface area contributed by atoms with Gasteiger partial charge in [-0.2, -0.15) is 0 Å². The molecule has 0 spiro atoms. The van der Waals surface area contributed by atoms with Gasteiger partial charge in [-0.1, -0.05) is 0 Å². The lowest BCUT2D eigenvalue weighted by molar-refractivity contribution is -0.144. The van der Waals surface area contributed by atoms with Crippen molar-refractivity contribution in [2.45, 2.75) is 30.5 Å². The molecule has 0 saturated carbocycles. The molecular weight excluding hydrogens is 248 g/mol. The van der Waals surface area contributed by atoms with Gasteiger partial charge in [0.25, 0.3) is 0 Å². The van der Waals surface area contributed by atoms with Crippen molar-refractivity contribution in [3.63, 3.8) is 0 Å². The van der Waals surface area contributed by atoms with E-state index in [0.717, 1.165) is 6.42 Å². The Kier molecular flexibility index (Phi) is 3.20. The summed E-state index contributed by atoms with van der Waals surface area (Å²) < 4.78 is 5.25. The van der Waals surface area contributed by atoms with Crippen LogP contribution in [0.5, 0.6) is 0 Å². The van der Waals surface area contributed by atoms with E-state index >= 15 is 0 Å². The molecule has 7 nitrogen and oxygen atoms in total. The minimum absolute atomic E-state index is 0.0463. The Hall–Kier alpha value is -1.18. The second kappa shape index (κ2) is 4.73. The highest BCUT2D eigenvalue weighted by Gasteiger charge is 2.55. The predicted octanol–water partition coefficient (Wildman–Crippen LogP) is -2.21. The van der Waals surface area contributed by atoms with E-state index < -0.39 is 17.5 Å². The van der Waals surface area contributed by atoms with Crippen LogP contribution in [0, 0.1) is 0 Å². The van der Waals surface area contributed by atoms with E-state index in [1.165, 1.54) is 0 Å². The molecule has 3 saturated heterocycles. The van der Waals surface area contributed by atoms with Crippen LogP contribution in [0.25, 0.3) is 0 Å². The van der Waals surface area contributed by atoms with Crippen molar-refractivity contribution in [2.75, 3.05) is 32.8 Å². The minimum Gasteiger partial charge on any atom is -0.378 e. The van der Waals surface area contributed by atoms with Crippen LogP contribution >= 0.6 is 0 Å². The molecule has 0 aromatic rings. The van der Waals surface area contributed by atoms with Gasteiger partial charge in [0.15, 0.2) is 0 Å². The number of hydrogen-bond donors (Lipinski definition) is 3. The quantitative estimate of drug-likeness (QED) is 0.528. The Labute approximate surface area is 111 Å². The fourth-order valence-electron chi connectivity index (χ4n) is 3.33. The lowest BCUT2D eigenvalue weighted by Gasteiger charge is -2.42. The lowest BCUT2D eigenvalue weighted by atomic mass is 9.86. The number of nitrogens with one attached hydrogen (secondary N) is 2. The van der Waals surface area contributed by atoms with Gasteiger partial charge >= 0.3 is 0 Å². The number of rotatable bonds is 2. The van der Waals surface area contributed by atoms with Gasteiger partial charge in [0.1, 0.15) is 11.6 Å². The van der Waals surface area contributed by atoms with Gasteiger partial charge in [-0.05, 0) is 12.8 Å². The lowest BCUT2D eigenvalue weighted by Crippen LogP contribution is -2.74. The molecule has 0 aliphatic carbocycles. The van der Waals surface area contributed by atoms with E-state index in [-0.39, 0.29) is 11.9 Å². The molecule has 0 radical (unpaired) electrons. The van der Waals surface area contributed by atoms with Crippen molar-refractivity contribution in [1.29, 1.82) is 0 Å². The van der Waals surface area contributed by atoms with E-state index in [1.54, 1.807) is 4.90 Å². The predicted molar refractivity (Wildman–Crippen MR) is 67.3 cm³/mol. The highest BCUT2D eigenvalue weighted by molar-refractivity contribution is 5.96. The Morgan fingerprint density at radius 1 is 1.32 bits per heavy atom. The van der Waals surface area contributed by atoms with Gasteiger partial charge in [-0.3, -0.25) is 14.9 Å². The number of carbonyl (C=O) groups is 2. The van der Waals surface area contributed by atoms with E-state index in [1.807, 2.05) is 0 Å². The monoisotopic (exact) mass is 268 g/mol. The molecule has 0 aromatic carbocycles. The molecule has 3 aliphatic rings. The van der Waals surface area contributed by atoms with Crippen LogP contribution < -0.4 is 16.4 Å². The second-order valence-corrected chi connectivity index (χ2v) is 5.49. The molecular formula is C12H20N4O3. The Morgan fingerprint density at radius 3 is 2.74 bits per heavy atom. The zero-order valence-corrected chi connectivity index (χ0v) is 10.9. The van der Waals surface area contributed by atoms with Crippen LogP contribution in [-0.2, 0) is 14.3 Å². The molecule has 3 heterocycles. The van der Waals surface area contributed by atoms with Crippen LogP contribution in [-0.4, -0.2) is 67.2 Å². The first-order chi connectivity index (χ1) is 9.13. The molecule has 2 bridgehead atoms. The van der Waals surface area contributed by atoms with Gasteiger partial charge in [0.2, 0.25) is 11.8 Å². The third-order valence-corrected chi connectivity index (χ3v) is 4.42. The van der Waals surface area contributed by atoms with E-state index in [0.29, 0.717) is 39.3 Å². The van der Waals surface area contributed by atoms with Crippen LogP contribution in [0.3, 0.4) is 0 Å². The molecule has 3 unspecified atom stereocenters. The fraction of sp³-hybridized carbons (Fsp3) is 0.833. The van der Waals surface area contributed by atoms with Crippen molar-refractivity contribution < 1.29 is 14.3 Å². The molecule has 3 aliphatic heterocycles. The molecule has 3 atom stereocenters. The van der Waals surface area contributed by atoms with Gasteiger partial charge in [-0.25, -0.2) is 0 Å². The fourth-order valence-corrected chi connectivity index (χ4v) is 3.33. The summed E-state index contributed by atoms with van der Waals surface area (Å²) in [6.45, 7) is 2.97. The number of amides is 2. The van der Waals surface area contributed by atoms with Crippen molar-refractivity contribution in [1.82, 2.24) is 15.5 Å². The normalized spacial score (nSPS) is 38.2. The Morgan fingerprint density at radius 2 is 2.05 bits per heavy atom. The van der Waals surface area contributed by atoms with Crippen molar-refractivity contribution in [2.24, 2.45) is 5.73 Å². The van der Waals surface area contributed by atoms with Gasteiger partial charge in [0, 0.05) is 25.7 Å². The number of morpholine rings is 1. The summed E-state index contributed by atoms with van der Waals surface area (Å²) in [6.07, 6.45) is 1.50. The average Bonchev–Trinajstić information content (AvgIpc) is 2.78. The third-order valence-electron chi connectivity index (χ3n) is 4.42. The smallest absolute Gasteiger partial charge is 0.242 e. The summed E-state index contributed by atoms with van der Waals surface area (Å²) in [5, 5.41) is 6.46. The standard InChI is InChI=1S/C12H20N4O3/c13-11(18)12-2-1-8(15-12)7-14-9(12)10(17)16-3-5-19-6-4-16/h8-9,14-15H,1-7H2,(H2,13,18). The summed E-state index contributed by atoms with van der Waals surface area (Å²) >= 11 is 0. The third kappa shape index (κ3) is 2.01. The molecule has 19 heavy (non-hydrogen) atoms. The summed E-state index contributed by atoms with van der Waals surface area (Å²) in [5.41, 5.74) is 4.64. The number of fused-ring (bicyclic) bond motifs is 2. The first-order valence-corrected chi connectivity index (χ1v) is 6.81. The van der Waals surface area contributed by atoms with Crippen LogP contribution in [0.2, 0.25) is 0 Å². The number of piperazine rings is 1. The molecule has 3 rings (SSSR count). The van der Waals surface area contributed by atoms with Crippen molar-refractivity contribution >= 4 is 11.8 Å². The molecule has 7 heteroatoms. The van der Waals surface area contributed by atoms with Crippen LogP contribution in [0.1, 0.15) is 12.8 Å². The van der Waals surface area contributed by atoms with Gasteiger partial charge < -0.3 is 20.7 Å². The number of carbonyl (C=O) groups excluding carboxylic acids is 2. The molecule has 106 valence electrons.